The number of nitrogens with one attached hydrogen (secondary N) is 1. The van der Waals surface area contributed by atoms with Gasteiger partial charge in [-0.05, 0) is 5.56 Å². The van der Waals surface area contributed by atoms with E-state index in [4.69, 9.17) is 5.11 Å². The first kappa shape index (κ1) is 12.7. The van der Waals surface area contributed by atoms with E-state index in [1.165, 1.54) is 6.20 Å². The van der Waals surface area contributed by atoms with Crippen LogP contribution in [0, 0.1) is 0 Å². The third kappa shape index (κ3) is 3.91. The van der Waals surface area contributed by atoms with E-state index in [-0.39, 0.29) is 24.7 Å². The first-order valence-corrected chi connectivity index (χ1v) is 5.59. The molecule has 0 spiro atoms. The molecule has 0 radical (unpaired) electrons. The summed E-state index contributed by atoms with van der Waals surface area (Å²) in [6.45, 7) is -0.290. The highest BCUT2D eigenvalue weighted by atomic mass is 16.4. The number of carboxylic acid groups (broad SMARTS) is 1. The average molecular weight is 260 g/mol. The van der Waals surface area contributed by atoms with Crippen molar-refractivity contribution in [2.75, 3.05) is 5.32 Å². The second-order valence-electron chi connectivity index (χ2n) is 3.91. The molecule has 0 atom stereocenters. The second-order valence-corrected chi connectivity index (χ2v) is 3.91. The highest BCUT2D eigenvalue weighted by molar-refractivity contribution is 5.91. The summed E-state index contributed by atoms with van der Waals surface area (Å²) in [6, 6.07) is 9.28. The number of aliphatic carboxylic acids is 1. The molecule has 0 saturated carbocycles. The Morgan fingerprint density at radius 2 is 2.00 bits per heavy atom. The van der Waals surface area contributed by atoms with Gasteiger partial charge in [-0.15, -0.1) is 5.10 Å². The van der Waals surface area contributed by atoms with Gasteiger partial charge in [-0.3, -0.25) is 9.59 Å². The van der Waals surface area contributed by atoms with Crippen LogP contribution in [0.5, 0.6) is 0 Å². The number of rotatable bonds is 5. The molecule has 7 heteroatoms. The summed E-state index contributed by atoms with van der Waals surface area (Å²) in [5.41, 5.74) is 0.887. The van der Waals surface area contributed by atoms with Gasteiger partial charge in [0.15, 0.2) is 5.82 Å². The van der Waals surface area contributed by atoms with Gasteiger partial charge in [0, 0.05) is 0 Å². The number of nitrogens with zero attached hydrogens (tertiary/aromatic N) is 3. The molecule has 0 aliphatic rings. The lowest BCUT2D eigenvalue weighted by molar-refractivity contribution is -0.137. The predicted octanol–water partition coefficient (Wildman–Crippen LogP) is 0.544. The van der Waals surface area contributed by atoms with Crippen molar-refractivity contribution in [3.63, 3.8) is 0 Å². The van der Waals surface area contributed by atoms with E-state index >= 15 is 0 Å². The van der Waals surface area contributed by atoms with Gasteiger partial charge in [-0.25, -0.2) is 4.68 Å². The molecule has 1 aromatic heterocycles. The van der Waals surface area contributed by atoms with Gasteiger partial charge in [0.1, 0.15) is 6.54 Å². The van der Waals surface area contributed by atoms with E-state index < -0.39 is 5.97 Å². The average Bonchev–Trinajstić information content (AvgIpc) is 2.76. The minimum Gasteiger partial charge on any atom is -0.480 e. The van der Waals surface area contributed by atoms with Gasteiger partial charge in [0.2, 0.25) is 5.91 Å². The Hall–Kier alpha value is -2.70. The van der Waals surface area contributed by atoms with Gasteiger partial charge in [-0.1, -0.05) is 35.5 Å². The van der Waals surface area contributed by atoms with E-state index in [2.05, 4.69) is 15.6 Å². The van der Waals surface area contributed by atoms with E-state index in [0.717, 1.165) is 10.2 Å². The van der Waals surface area contributed by atoms with Crippen molar-refractivity contribution < 1.29 is 14.7 Å². The van der Waals surface area contributed by atoms with Crippen LogP contribution in [-0.4, -0.2) is 32.0 Å². The first-order chi connectivity index (χ1) is 9.13. The number of hydrogen-bond acceptors (Lipinski definition) is 4. The quantitative estimate of drug-likeness (QED) is 0.818. The number of carboxylic acids is 1. The third-order valence-corrected chi connectivity index (χ3v) is 2.31. The fraction of sp³-hybridized carbons (Fsp3) is 0.167. The number of anilines is 1. The minimum atomic E-state index is -1.02. The van der Waals surface area contributed by atoms with Crippen LogP contribution in [0.1, 0.15) is 5.56 Å². The second kappa shape index (κ2) is 5.76. The SMILES string of the molecule is O=C(O)Cn1cc(NC(=O)Cc2ccccc2)nn1. The topological polar surface area (TPSA) is 97.1 Å². The standard InChI is InChI=1S/C12H12N4O3/c17-11(6-9-4-2-1-3-5-9)13-10-7-16(15-14-10)8-12(18)19/h1-5,7H,6,8H2,(H,13,17)(H,18,19). The lowest BCUT2D eigenvalue weighted by Gasteiger charge is -2.01. The maximum atomic E-state index is 11.7. The van der Waals surface area contributed by atoms with Crippen molar-refractivity contribution in [1.29, 1.82) is 0 Å². The number of amides is 1. The van der Waals surface area contributed by atoms with Crippen LogP contribution in [0.25, 0.3) is 0 Å². The van der Waals surface area contributed by atoms with Crippen molar-refractivity contribution >= 4 is 17.7 Å². The third-order valence-electron chi connectivity index (χ3n) is 2.31. The number of benzene rings is 1. The Bertz CT molecular complexity index is 580. The van der Waals surface area contributed by atoms with Crippen molar-refractivity contribution in [3.8, 4) is 0 Å². The Balaban J connectivity index is 1.92. The molecule has 0 aliphatic carbocycles. The molecular weight excluding hydrogens is 248 g/mol. The molecule has 19 heavy (non-hydrogen) atoms. The number of carbonyl (C=O) groups is 2. The van der Waals surface area contributed by atoms with E-state index in [1.54, 1.807) is 0 Å². The molecule has 0 unspecified atom stereocenters. The summed E-state index contributed by atoms with van der Waals surface area (Å²) in [5, 5.41) is 18.4. The normalized spacial score (nSPS) is 10.1. The van der Waals surface area contributed by atoms with Crippen LogP contribution in [0.3, 0.4) is 0 Å². The molecule has 0 bridgehead atoms. The molecule has 0 aliphatic heterocycles. The maximum absolute atomic E-state index is 11.7. The highest BCUT2D eigenvalue weighted by Gasteiger charge is 2.08. The monoisotopic (exact) mass is 260 g/mol. The minimum absolute atomic E-state index is 0.228. The fourth-order valence-corrected chi connectivity index (χ4v) is 1.54. The van der Waals surface area contributed by atoms with Gasteiger partial charge in [-0.2, -0.15) is 0 Å². The van der Waals surface area contributed by atoms with Crippen molar-refractivity contribution in [3.05, 3.63) is 42.1 Å². The van der Waals surface area contributed by atoms with E-state index in [0.29, 0.717) is 0 Å². The molecular formula is C12H12N4O3. The lowest BCUT2D eigenvalue weighted by Crippen LogP contribution is -2.14. The molecule has 1 aromatic carbocycles. The van der Waals surface area contributed by atoms with Crippen LogP contribution in [0.2, 0.25) is 0 Å². The summed E-state index contributed by atoms with van der Waals surface area (Å²) in [5.74, 6) is -1.01. The van der Waals surface area contributed by atoms with Gasteiger partial charge in [0.05, 0.1) is 12.6 Å². The zero-order valence-electron chi connectivity index (χ0n) is 9.98. The molecule has 0 saturated heterocycles. The molecule has 2 N–H and O–H groups in total. The van der Waals surface area contributed by atoms with Gasteiger partial charge >= 0.3 is 5.97 Å². The first-order valence-electron chi connectivity index (χ1n) is 5.59. The summed E-state index contributed by atoms with van der Waals surface area (Å²) in [6.07, 6.45) is 1.60. The lowest BCUT2D eigenvalue weighted by atomic mass is 10.1. The van der Waals surface area contributed by atoms with Crippen molar-refractivity contribution in [2.24, 2.45) is 0 Å². The fourth-order valence-electron chi connectivity index (χ4n) is 1.54. The van der Waals surface area contributed by atoms with Gasteiger partial charge in [0.25, 0.3) is 0 Å². The molecule has 1 heterocycles. The Kier molecular flexibility index (Phi) is 3.87. The van der Waals surface area contributed by atoms with Crippen LogP contribution in [-0.2, 0) is 22.6 Å². The maximum Gasteiger partial charge on any atom is 0.325 e. The van der Waals surface area contributed by atoms with Crippen LogP contribution in [0.15, 0.2) is 36.5 Å². The van der Waals surface area contributed by atoms with E-state index in [1.807, 2.05) is 30.3 Å². The smallest absolute Gasteiger partial charge is 0.325 e. The molecule has 0 fully saturated rings. The zero-order chi connectivity index (χ0) is 13.7. The zero-order valence-corrected chi connectivity index (χ0v) is 9.98. The number of carbonyl (C=O) groups excluding carboxylic acids is 1. The Labute approximate surface area is 108 Å². The van der Waals surface area contributed by atoms with Crippen LogP contribution in [0.4, 0.5) is 5.82 Å². The Morgan fingerprint density at radius 1 is 1.26 bits per heavy atom. The van der Waals surface area contributed by atoms with Crippen LogP contribution >= 0.6 is 0 Å². The molecule has 2 aromatic rings. The van der Waals surface area contributed by atoms with Gasteiger partial charge < -0.3 is 10.4 Å². The summed E-state index contributed by atoms with van der Waals surface area (Å²) < 4.78 is 1.14. The molecule has 1 amide bonds. The van der Waals surface area contributed by atoms with Crippen LogP contribution < -0.4 is 5.32 Å². The largest absolute Gasteiger partial charge is 0.480 e. The Morgan fingerprint density at radius 3 is 2.68 bits per heavy atom. The molecule has 7 nitrogen and oxygen atoms in total. The summed E-state index contributed by atoms with van der Waals surface area (Å²) >= 11 is 0. The highest BCUT2D eigenvalue weighted by Crippen LogP contribution is 2.04. The molecule has 98 valence electrons. The molecule has 2 rings (SSSR count). The van der Waals surface area contributed by atoms with Crippen molar-refractivity contribution in [2.45, 2.75) is 13.0 Å². The predicted molar refractivity (Wildman–Crippen MR) is 66.4 cm³/mol. The number of hydrogen-bond donors (Lipinski definition) is 2. The van der Waals surface area contributed by atoms with E-state index in [9.17, 15) is 9.59 Å². The van der Waals surface area contributed by atoms with Crippen molar-refractivity contribution in [1.82, 2.24) is 15.0 Å². The summed E-state index contributed by atoms with van der Waals surface area (Å²) in [7, 11) is 0. The number of aromatic nitrogens is 3. The summed E-state index contributed by atoms with van der Waals surface area (Å²) in [4.78, 5) is 22.2.